The molecule has 0 aromatic heterocycles. The quantitative estimate of drug-likeness (QED) is 0.877. The van der Waals surface area contributed by atoms with E-state index in [0.29, 0.717) is 12.0 Å². The highest BCUT2D eigenvalue weighted by Gasteiger charge is 2.35. The second kappa shape index (κ2) is 4.71. The largest absolute Gasteiger partial charge is 0.309 e. The highest BCUT2D eigenvalue weighted by molar-refractivity contribution is 5.45. The van der Waals surface area contributed by atoms with Gasteiger partial charge in [0.25, 0.3) is 0 Å². The Balaban J connectivity index is 1.65. The van der Waals surface area contributed by atoms with Crippen molar-refractivity contribution in [3.63, 3.8) is 0 Å². The molecule has 0 saturated heterocycles. The van der Waals surface area contributed by atoms with Gasteiger partial charge in [-0.25, -0.2) is 4.39 Å². The van der Waals surface area contributed by atoms with Crippen LogP contribution in [0.2, 0.25) is 0 Å². The van der Waals surface area contributed by atoms with Gasteiger partial charge < -0.3 is 5.32 Å². The average molecular weight is 267 g/mol. The monoisotopic (exact) mass is 267 g/mol. The molecule has 0 fully saturated rings. The fourth-order valence-electron chi connectivity index (χ4n) is 3.89. The van der Waals surface area contributed by atoms with Crippen molar-refractivity contribution in [3.05, 3.63) is 70.5 Å². The van der Waals surface area contributed by atoms with Gasteiger partial charge in [-0.15, -0.1) is 0 Å². The van der Waals surface area contributed by atoms with Crippen LogP contribution in [0.5, 0.6) is 0 Å². The van der Waals surface area contributed by atoms with Gasteiger partial charge in [0, 0.05) is 18.5 Å². The summed E-state index contributed by atoms with van der Waals surface area (Å²) < 4.78 is 13.6. The molecule has 1 nitrogen and oxygen atoms in total. The standard InChI is InChI=1S/C18H18FN/c19-15-9-13-6-7-16-17(8-12-4-2-1-3-5-12)20-11-14(10-15)18(13)16/h1-5,9-10,16-17,20H,6-8,11H2. The molecular weight excluding hydrogens is 249 g/mol. The van der Waals surface area contributed by atoms with Gasteiger partial charge >= 0.3 is 0 Å². The summed E-state index contributed by atoms with van der Waals surface area (Å²) in [5.74, 6) is 0.470. The zero-order chi connectivity index (χ0) is 13.5. The van der Waals surface area contributed by atoms with E-state index in [1.54, 1.807) is 12.1 Å². The van der Waals surface area contributed by atoms with Gasteiger partial charge in [0.15, 0.2) is 0 Å². The Morgan fingerprint density at radius 1 is 1.10 bits per heavy atom. The molecule has 2 aromatic carbocycles. The van der Waals surface area contributed by atoms with Crippen molar-refractivity contribution < 1.29 is 4.39 Å². The minimum Gasteiger partial charge on any atom is -0.309 e. The number of hydrogen-bond acceptors (Lipinski definition) is 1. The first-order valence-corrected chi connectivity index (χ1v) is 7.40. The molecule has 2 unspecified atom stereocenters. The van der Waals surface area contributed by atoms with E-state index in [1.807, 2.05) is 0 Å². The Morgan fingerprint density at radius 2 is 1.90 bits per heavy atom. The van der Waals surface area contributed by atoms with E-state index in [9.17, 15) is 4.39 Å². The van der Waals surface area contributed by atoms with E-state index < -0.39 is 0 Å². The SMILES string of the molecule is Fc1cc2c3c(c1)CNC(Cc1ccccc1)C3CC2. The lowest BCUT2D eigenvalue weighted by molar-refractivity contribution is 0.399. The maximum Gasteiger partial charge on any atom is 0.123 e. The molecule has 0 bridgehead atoms. The Morgan fingerprint density at radius 3 is 2.75 bits per heavy atom. The van der Waals surface area contributed by atoms with Gasteiger partial charge in [-0.1, -0.05) is 30.3 Å². The van der Waals surface area contributed by atoms with Gasteiger partial charge in [-0.05, 0) is 53.6 Å². The number of benzene rings is 2. The Hall–Kier alpha value is -1.67. The molecule has 2 aromatic rings. The van der Waals surface area contributed by atoms with Crippen molar-refractivity contribution in [3.8, 4) is 0 Å². The molecule has 0 amide bonds. The Bertz CT molecular complexity index is 635. The number of halogens is 1. The number of hydrogen-bond donors (Lipinski definition) is 1. The first kappa shape index (κ1) is 12.1. The van der Waals surface area contributed by atoms with E-state index in [4.69, 9.17) is 0 Å². The molecule has 102 valence electrons. The van der Waals surface area contributed by atoms with E-state index in [0.717, 1.165) is 25.8 Å². The van der Waals surface area contributed by atoms with Crippen molar-refractivity contribution in [1.82, 2.24) is 5.32 Å². The lowest BCUT2D eigenvalue weighted by Crippen LogP contribution is -2.40. The molecule has 1 aliphatic carbocycles. The maximum atomic E-state index is 13.6. The van der Waals surface area contributed by atoms with Gasteiger partial charge in [0.2, 0.25) is 0 Å². The lowest BCUT2D eigenvalue weighted by Gasteiger charge is -2.32. The average Bonchev–Trinajstić information content (AvgIpc) is 2.88. The molecule has 0 radical (unpaired) electrons. The van der Waals surface area contributed by atoms with E-state index in [2.05, 4.69) is 35.6 Å². The summed E-state index contributed by atoms with van der Waals surface area (Å²) in [6, 6.07) is 14.6. The van der Waals surface area contributed by atoms with Crippen LogP contribution in [0.1, 0.15) is 34.6 Å². The predicted octanol–water partition coefficient (Wildman–Crippen LogP) is 3.57. The van der Waals surface area contributed by atoms with Crippen LogP contribution in [0.15, 0.2) is 42.5 Å². The second-order valence-corrected chi connectivity index (χ2v) is 5.96. The summed E-state index contributed by atoms with van der Waals surface area (Å²) in [6.45, 7) is 0.800. The summed E-state index contributed by atoms with van der Waals surface area (Å²) in [5.41, 5.74) is 5.23. The van der Waals surface area contributed by atoms with Gasteiger partial charge in [-0.2, -0.15) is 0 Å². The smallest absolute Gasteiger partial charge is 0.123 e. The topological polar surface area (TPSA) is 12.0 Å². The Labute approximate surface area is 118 Å². The van der Waals surface area contributed by atoms with Crippen LogP contribution in [0.4, 0.5) is 4.39 Å². The predicted molar refractivity (Wildman–Crippen MR) is 78.2 cm³/mol. The van der Waals surface area contributed by atoms with Crippen LogP contribution in [0.25, 0.3) is 0 Å². The molecular formula is C18H18FN. The normalized spacial score (nSPS) is 23.6. The van der Waals surface area contributed by atoms with Crippen LogP contribution in [0, 0.1) is 5.82 Å². The van der Waals surface area contributed by atoms with Crippen LogP contribution in [-0.2, 0) is 19.4 Å². The highest BCUT2D eigenvalue weighted by Crippen LogP contribution is 2.41. The van der Waals surface area contributed by atoms with E-state index in [-0.39, 0.29) is 5.82 Å². The van der Waals surface area contributed by atoms with Crippen molar-refractivity contribution in [1.29, 1.82) is 0 Å². The third kappa shape index (κ3) is 1.95. The van der Waals surface area contributed by atoms with Crippen LogP contribution < -0.4 is 5.32 Å². The van der Waals surface area contributed by atoms with Crippen LogP contribution in [0.3, 0.4) is 0 Å². The molecule has 2 atom stereocenters. The zero-order valence-electron chi connectivity index (χ0n) is 11.4. The lowest BCUT2D eigenvalue weighted by atomic mass is 9.83. The first-order valence-electron chi connectivity index (χ1n) is 7.40. The molecule has 2 heteroatoms. The summed E-state index contributed by atoms with van der Waals surface area (Å²) in [5, 5.41) is 3.62. The number of aryl methyl sites for hydroxylation is 1. The summed E-state index contributed by atoms with van der Waals surface area (Å²) >= 11 is 0. The summed E-state index contributed by atoms with van der Waals surface area (Å²) in [6.07, 6.45) is 3.23. The number of rotatable bonds is 2. The van der Waals surface area contributed by atoms with Gasteiger partial charge in [0.1, 0.15) is 5.82 Å². The second-order valence-electron chi connectivity index (χ2n) is 5.96. The molecule has 20 heavy (non-hydrogen) atoms. The van der Waals surface area contributed by atoms with Crippen molar-refractivity contribution in [2.45, 2.75) is 37.8 Å². The zero-order valence-corrected chi connectivity index (χ0v) is 11.4. The minimum absolute atomic E-state index is 0.0808. The third-order valence-electron chi connectivity index (χ3n) is 4.75. The molecule has 2 aliphatic rings. The first-order chi connectivity index (χ1) is 9.81. The molecule has 0 spiro atoms. The minimum atomic E-state index is -0.0808. The van der Waals surface area contributed by atoms with Crippen molar-refractivity contribution in [2.24, 2.45) is 0 Å². The van der Waals surface area contributed by atoms with E-state index in [1.165, 1.54) is 22.3 Å². The van der Waals surface area contributed by atoms with Crippen LogP contribution in [-0.4, -0.2) is 6.04 Å². The fourth-order valence-corrected chi connectivity index (χ4v) is 3.89. The Kier molecular flexibility index (Phi) is 2.85. The fraction of sp³-hybridized carbons (Fsp3) is 0.333. The third-order valence-corrected chi connectivity index (χ3v) is 4.75. The van der Waals surface area contributed by atoms with Crippen molar-refractivity contribution >= 4 is 0 Å². The molecule has 1 N–H and O–H groups in total. The van der Waals surface area contributed by atoms with E-state index >= 15 is 0 Å². The van der Waals surface area contributed by atoms with Crippen LogP contribution >= 0.6 is 0 Å². The summed E-state index contributed by atoms with van der Waals surface area (Å²) in [7, 11) is 0. The summed E-state index contributed by atoms with van der Waals surface area (Å²) in [4.78, 5) is 0. The molecule has 1 heterocycles. The number of nitrogens with one attached hydrogen (secondary N) is 1. The van der Waals surface area contributed by atoms with Gasteiger partial charge in [0.05, 0.1) is 0 Å². The van der Waals surface area contributed by atoms with Crippen molar-refractivity contribution in [2.75, 3.05) is 0 Å². The van der Waals surface area contributed by atoms with Gasteiger partial charge in [-0.3, -0.25) is 0 Å². The molecule has 1 aliphatic heterocycles. The highest BCUT2D eigenvalue weighted by atomic mass is 19.1. The maximum absolute atomic E-state index is 13.6. The molecule has 0 saturated carbocycles. The molecule has 4 rings (SSSR count).